The van der Waals surface area contributed by atoms with Crippen molar-refractivity contribution >= 4 is 29.0 Å². The molecule has 0 atom stereocenters. The number of halogens is 1. The van der Waals surface area contributed by atoms with Crippen LogP contribution in [0, 0.1) is 6.92 Å². The first-order valence-electron chi connectivity index (χ1n) is 6.24. The molecule has 0 aliphatic heterocycles. The third kappa shape index (κ3) is 3.45. The summed E-state index contributed by atoms with van der Waals surface area (Å²) in [5.41, 5.74) is 1.67. The molecule has 6 heteroatoms. The number of aromatic nitrogens is 2. The molecule has 2 aromatic rings. The van der Waals surface area contributed by atoms with Crippen molar-refractivity contribution in [2.45, 2.75) is 13.8 Å². The van der Waals surface area contributed by atoms with Gasteiger partial charge >= 0.3 is 0 Å². The van der Waals surface area contributed by atoms with Crippen LogP contribution >= 0.6 is 11.6 Å². The number of nitrogens with zero attached hydrogens (tertiary/aromatic N) is 2. The second-order valence-corrected chi connectivity index (χ2v) is 4.61. The fraction of sp³-hybridized carbons (Fsp3) is 0.214. The zero-order valence-corrected chi connectivity index (χ0v) is 12.0. The van der Waals surface area contributed by atoms with Crippen LogP contribution in [-0.4, -0.2) is 22.4 Å². The molecule has 2 N–H and O–H groups in total. The van der Waals surface area contributed by atoms with Crippen LogP contribution < -0.4 is 10.6 Å². The third-order valence-electron chi connectivity index (χ3n) is 2.59. The summed E-state index contributed by atoms with van der Waals surface area (Å²) in [6, 6.07) is 6.98. The van der Waals surface area contributed by atoms with Crippen molar-refractivity contribution in [2.75, 3.05) is 17.2 Å². The van der Waals surface area contributed by atoms with Crippen LogP contribution in [0.15, 0.2) is 30.5 Å². The highest BCUT2D eigenvalue weighted by molar-refractivity contribution is 6.34. The molecule has 2 aromatic heterocycles. The number of aryl methyl sites for hydroxylation is 1. The zero-order valence-electron chi connectivity index (χ0n) is 11.3. The molecule has 0 aromatic carbocycles. The first-order valence-corrected chi connectivity index (χ1v) is 6.62. The second-order valence-electron chi connectivity index (χ2n) is 4.20. The number of pyridine rings is 2. The molecular weight excluding hydrogens is 276 g/mol. The van der Waals surface area contributed by atoms with Crippen molar-refractivity contribution < 1.29 is 4.79 Å². The van der Waals surface area contributed by atoms with E-state index in [4.69, 9.17) is 11.6 Å². The number of hydrogen-bond acceptors (Lipinski definition) is 4. The van der Waals surface area contributed by atoms with Gasteiger partial charge in [-0.1, -0.05) is 11.6 Å². The summed E-state index contributed by atoms with van der Waals surface area (Å²) in [6.45, 7) is 4.55. The van der Waals surface area contributed by atoms with Crippen molar-refractivity contribution in [3.8, 4) is 0 Å². The Morgan fingerprint density at radius 3 is 2.75 bits per heavy atom. The predicted molar refractivity (Wildman–Crippen MR) is 80.3 cm³/mol. The lowest BCUT2D eigenvalue weighted by molar-refractivity contribution is 0.102. The van der Waals surface area contributed by atoms with Gasteiger partial charge in [0.25, 0.3) is 5.91 Å². The Kier molecular flexibility index (Phi) is 4.53. The van der Waals surface area contributed by atoms with Crippen LogP contribution in [0.4, 0.5) is 11.5 Å². The largest absolute Gasteiger partial charge is 0.370 e. The Labute approximate surface area is 122 Å². The Balaban J connectivity index is 2.19. The van der Waals surface area contributed by atoms with Crippen LogP contribution in [0.25, 0.3) is 0 Å². The summed E-state index contributed by atoms with van der Waals surface area (Å²) >= 11 is 6.02. The van der Waals surface area contributed by atoms with Gasteiger partial charge in [-0.05, 0) is 38.1 Å². The minimum atomic E-state index is -0.361. The summed E-state index contributed by atoms with van der Waals surface area (Å²) in [4.78, 5) is 20.5. The van der Waals surface area contributed by atoms with Gasteiger partial charge < -0.3 is 10.6 Å². The number of carbonyl (C=O) groups excluding carboxylic acids is 1. The molecule has 0 saturated carbocycles. The Morgan fingerprint density at radius 1 is 1.30 bits per heavy atom. The van der Waals surface area contributed by atoms with E-state index in [1.807, 2.05) is 19.9 Å². The maximum absolute atomic E-state index is 12.2. The summed E-state index contributed by atoms with van der Waals surface area (Å²) in [7, 11) is 0. The number of anilines is 2. The van der Waals surface area contributed by atoms with Crippen LogP contribution in [-0.2, 0) is 0 Å². The molecular formula is C14H15ClN4O. The van der Waals surface area contributed by atoms with Crippen molar-refractivity contribution in [3.63, 3.8) is 0 Å². The molecule has 0 unspecified atom stereocenters. The molecule has 0 aliphatic rings. The maximum atomic E-state index is 12.2. The van der Waals surface area contributed by atoms with Crippen molar-refractivity contribution in [2.24, 2.45) is 0 Å². The van der Waals surface area contributed by atoms with Gasteiger partial charge in [-0.2, -0.15) is 0 Å². The minimum Gasteiger partial charge on any atom is -0.370 e. The molecule has 0 bridgehead atoms. The van der Waals surface area contributed by atoms with E-state index >= 15 is 0 Å². The van der Waals surface area contributed by atoms with E-state index < -0.39 is 0 Å². The quantitative estimate of drug-likeness (QED) is 0.908. The zero-order chi connectivity index (χ0) is 14.5. The van der Waals surface area contributed by atoms with E-state index in [0.29, 0.717) is 16.5 Å². The highest BCUT2D eigenvalue weighted by Gasteiger charge is 2.13. The van der Waals surface area contributed by atoms with E-state index in [0.717, 1.165) is 12.2 Å². The monoisotopic (exact) mass is 290 g/mol. The van der Waals surface area contributed by atoms with Gasteiger partial charge in [0, 0.05) is 12.2 Å². The maximum Gasteiger partial charge on any atom is 0.275 e. The molecule has 20 heavy (non-hydrogen) atoms. The van der Waals surface area contributed by atoms with Crippen LogP contribution in [0.1, 0.15) is 23.1 Å². The van der Waals surface area contributed by atoms with Crippen molar-refractivity contribution in [1.29, 1.82) is 0 Å². The molecule has 0 radical (unpaired) electrons. The summed E-state index contributed by atoms with van der Waals surface area (Å²) in [5, 5.41) is 6.07. The lowest BCUT2D eigenvalue weighted by Gasteiger charge is -2.08. The van der Waals surface area contributed by atoms with E-state index in [1.165, 1.54) is 0 Å². The van der Waals surface area contributed by atoms with Crippen molar-refractivity contribution in [1.82, 2.24) is 9.97 Å². The standard InChI is InChI=1S/C14H15ClN4O/c1-3-16-12-7-6-11(15)13(19-12)14(20)18-10-5-4-9(2)17-8-10/h4-8H,3H2,1-2H3,(H,16,19)(H,18,20). The fourth-order valence-electron chi connectivity index (χ4n) is 1.61. The molecule has 0 saturated heterocycles. The Bertz CT molecular complexity index is 613. The molecule has 2 rings (SSSR count). The Hall–Kier alpha value is -2.14. The third-order valence-corrected chi connectivity index (χ3v) is 2.89. The topological polar surface area (TPSA) is 66.9 Å². The average molecular weight is 291 g/mol. The van der Waals surface area contributed by atoms with Gasteiger partial charge in [-0.3, -0.25) is 9.78 Å². The first kappa shape index (κ1) is 14.3. The molecule has 0 spiro atoms. The van der Waals surface area contributed by atoms with Gasteiger partial charge in [0.2, 0.25) is 0 Å². The number of carbonyl (C=O) groups is 1. The van der Waals surface area contributed by atoms with Gasteiger partial charge in [-0.25, -0.2) is 4.98 Å². The molecule has 5 nitrogen and oxygen atoms in total. The summed E-state index contributed by atoms with van der Waals surface area (Å²) < 4.78 is 0. The number of rotatable bonds is 4. The fourth-order valence-corrected chi connectivity index (χ4v) is 1.80. The lowest BCUT2D eigenvalue weighted by atomic mass is 10.3. The van der Waals surface area contributed by atoms with Crippen LogP contribution in [0.3, 0.4) is 0 Å². The van der Waals surface area contributed by atoms with E-state index in [2.05, 4.69) is 20.6 Å². The van der Waals surface area contributed by atoms with Gasteiger partial charge in [0.1, 0.15) is 11.5 Å². The number of hydrogen-bond donors (Lipinski definition) is 2. The first-order chi connectivity index (χ1) is 9.60. The lowest BCUT2D eigenvalue weighted by Crippen LogP contribution is -2.15. The van der Waals surface area contributed by atoms with Crippen LogP contribution in [0.5, 0.6) is 0 Å². The van der Waals surface area contributed by atoms with Gasteiger partial charge in [0.15, 0.2) is 0 Å². The predicted octanol–water partition coefficient (Wildman–Crippen LogP) is 3.12. The van der Waals surface area contributed by atoms with Crippen molar-refractivity contribution in [3.05, 3.63) is 46.9 Å². The number of amides is 1. The van der Waals surface area contributed by atoms with E-state index in [-0.39, 0.29) is 11.6 Å². The molecule has 1 amide bonds. The van der Waals surface area contributed by atoms with E-state index in [1.54, 1.807) is 24.4 Å². The average Bonchev–Trinajstić information content (AvgIpc) is 2.43. The molecule has 104 valence electrons. The normalized spacial score (nSPS) is 10.2. The Morgan fingerprint density at radius 2 is 2.10 bits per heavy atom. The van der Waals surface area contributed by atoms with Crippen LogP contribution in [0.2, 0.25) is 5.02 Å². The highest BCUT2D eigenvalue weighted by atomic mass is 35.5. The van der Waals surface area contributed by atoms with E-state index in [9.17, 15) is 4.79 Å². The molecule has 0 aliphatic carbocycles. The molecule has 2 heterocycles. The SMILES string of the molecule is CCNc1ccc(Cl)c(C(=O)Nc2ccc(C)nc2)n1. The molecule has 0 fully saturated rings. The number of nitrogens with one attached hydrogen (secondary N) is 2. The summed E-state index contributed by atoms with van der Waals surface area (Å²) in [6.07, 6.45) is 1.59. The second kappa shape index (κ2) is 6.34. The van der Waals surface area contributed by atoms with Gasteiger partial charge in [0.05, 0.1) is 16.9 Å². The smallest absolute Gasteiger partial charge is 0.275 e. The highest BCUT2D eigenvalue weighted by Crippen LogP contribution is 2.18. The minimum absolute atomic E-state index is 0.186. The van der Waals surface area contributed by atoms with Gasteiger partial charge in [-0.15, -0.1) is 0 Å². The summed E-state index contributed by atoms with van der Waals surface area (Å²) in [5.74, 6) is 0.254.